The molecule has 4 rings (SSSR count). The van der Waals surface area contributed by atoms with Gasteiger partial charge in [0, 0.05) is 23.2 Å². The van der Waals surface area contributed by atoms with Crippen molar-refractivity contribution in [2.75, 3.05) is 0 Å². The molecule has 0 atom stereocenters. The second kappa shape index (κ2) is 3.95. The van der Waals surface area contributed by atoms with Crippen molar-refractivity contribution in [2.45, 2.75) is 6.67 Å². The zero-order valence-corrected chi connectivity index (χ0v) is 10.3. The predicted octanol–water partition coefficient (Wildman–Crippen LogP) is 2.89. The first kappa shape index (κ1) is 10.3. The van der Waals surface area contributed by atoms with Gasteiger partial charge in [-0.25, -0.2) is 9.36 Å². The van der Waals surface area contributed by atoms with Crippen LogP contribution in [0.2, 0.25) is 0 Å². The number of rotatable bonds is 2. The molecule has 0 aliphatic carbocycles. The van der Waals surface area contributed by atoms with Crippen LogP contribution in [0.3, 0.4) is 0 Å². The van der Waals surface area contributed by atoms with Crippen LogP contribution in [0.4, 0.5) is 0 Å². The number of benzene rings is 2. The second-order valence-corrected chi connectivity index (χ2v) is 4.60. The largest absolute Gasteiger partial charge is 0.250 e. The Morgan fingerprint density at radius 2 is 1.16 bits per heavy atom. The quantitative estimate of drug-likeness (QED) is 0.547. The van der Waals surface area contributed by atoms with Crippen LogP contribution in [0.5, 0.6) is 0 Å². The van der Waals surface area contributed by atoms with Crippen molar-refractivity contribution >= 4 is 21.8 Å². The fourth-order valence-corrected chi connectivity index (χ4v) is 2.32. The highest BCUT2D eigenvalue weighted by molar-refractivity contribution is 5.78. The molecular formula is C15H12N4. The van der Waals surface area contributed by atoms with E-state index < -0.39 is 0 Å². The minimum Gasteiger partial charge on any atom is -0.250 e. The lowest BCUT2D eigenvalue weighted by atomic mass is 10.3. The third-order valence-electron chi connectivity index (χ3n) is 3.21. The Kier molecular flexibility index (Phi) is 2.14. The van der Waals surface area contributed by atoms with E-state index in [1.807, 2.05) is 58.2 Å². The number of hydrogen-bond acceptors (Lipinski definition) is 2. The molecule has 0 saturated carbocycles. The van der Waals surface area contributed by atoms with E-state index in [9.17, 15) is 0 Å². The van der Waals surface area contributed by atoms with Gasteiger partial charge in [-0.2, -0.15) is 10.2 Å². The van der Waals surface area contributed by atoms with E-state index in [4.69, 9.17) is 0 Å². The molecular weight excluding hydrogens is 236 g/mol. The lowest BCUT2D eigenvalue weighted by Crippen LogP contribution is -2.08. The summed E-state index contributed by atoms with van der Waals surface area (Å²) in [5.74, 6) is 0. The summed E-state index contributed by atoms with van der Waals surface area (Å²) in [5.41, 5.74) is 2.03. The van der Waals surface area contributed by atoms with Crippen LogP contribution in [-0.2, 0) is 6.67 Å². The Bertz CT molecular complexity index is 718. The van der Waals surface area contributed by atoms with Gasteiger partial charge >= 0.3 is 0 Å². The van der Waals surface area contributed by atoms with Crippen molar-refractivity contribution in [2.24, 2.45) is 0 Å². The second-order valence-electron chi connectivity index (χ2n) is 4.60. The molecule has 0 N–H and O–H groups in total. The molecule has 0 radical (unpaired) electrons. The Morgan fingerprint density at radius 1 is 0.684 bits per heavy atom. The van der Waals surface area contributed by atoms with E-state index in [0.717, 1.165) is 21.8 Å². The molecule has 92 valence electrons. The summed E-state index contributed by atoms with van der Waals surface area (Å²) in [5, 5.41) is 11.4. The summed E-state index contributed by atoms with van der Waals surface area (Å²) < 4.78 is 3.83. The van der Waals surface area contributed by atoms with Crippen LogP contribution in [0.1, 0.15) is 0 Å². The average Bonchev–Trinajstić information content (AvgIpc) is 3.00. The highest BCUT2D eigenvalue weighted by Crippen LogP contribution is 2.13. The number of nitrogens with zero attached hydrogens (tertiary/aromatic N) is 4. The van der Waals surface area contributed by atoms with Crippen molar-refractivity contribution in [1.82, 2.24) is 19.6 Å². The molecule has 4 nitrogen and oxygen atoms in total. The van der Waals surface area contributed by atoms with Crippen LogP contribution in [0, 0.1) is 0 Å². The maximum Gasteiger partial charge on any atom is 0.133 e. The minimum absolute atomic E-state index is 0.628. The summed E-state index contributed by atoms with van der Waals surface area (Å²) in [4.78, 5) is 0. The van der Waals surface area contributed by atoms with E-state index in [1.54, 1.807) is 0 Å². The highest BCUT2D eigenvalue weighted by Gasteiger charge is 2.02. The first-order valence-electron chi connectivity index (χ1n) is 6.23. The van der Waals surface area contributed by atoms with Gasteiger partial charge in [0.1, 0.15) is 6.67 Å². The van der Waals surface area contributed by atoms with Crippen molar-refractivity contribution in [3.8, 4) is 0 Å². The molecule has 0 fully saturated rings. The minimum atomic E-state index is 0.628. The van der Waals surface area contributed by atoms with Gasteiger partial charge in [-0.1, -0.05) is 36.4 Å². The van der Waals surface area contributed by atoms with E-state index >= 15 is 0 Å². The van der Waals surface area contributed by atoms with E-state index in [1.165, 1.54) is 0 Å². The van der Waals surface area contributed by atoms with Crippen molar-refractivity contribution in [3.05, 3.63) is 60.9 Å². The fourth-order valence-electron chi connectivity index (χ4n) is 2.32. The van der Waals surface area contributed by atoms with Gasteiger partial charge in [-0.3, -0.25) is 0 Å². The summed E-state index contributed by atoms with van der Waals surface area (Å²) in [6.07, 6.45) is 4.09. The molecule has 0 aliphatic rings. The highest BCUT2D eigenvalue weighted by atomic mass is 15.4. The van der Waals surface area contributed by atoms with Crippen molar-refractivity contribution < 1.29 is 0 Å². The predicted molar refractivity (Wildman–Crippen MR) is 74.9 cm³/mol. The summed E-state index contributed by atoms with van der Waals surface area (Å²) >= 11 is 0. The number of fused-ring (bicyclic) bond motifs is 2. The zero-order chi connectivity index (χ0) is 12.7. The van der Waals surface area contributed by atoms with Gasteiger partial charge < -0.3 is 0 Å². The summed E-state index contributed by atoms with van der Waals surface area (Å²) in [6, 6.07) is 16.2. The van der Waals surface area contributed by atoms with Gasteiger partial charge in [0.15, 0.2) is 0 Å². The molecule has 0 bridgehead atoms. The van der Waals surface area contributed by atoms with Crippen molar-refractivity contribution in [3.63, 3.8) is 0 Å². The Hall–Kier alpha value is -2.62. The third kappa shape index (κ3) is 1.78. The maximum atomic E-state index is 4.53. The first-order chi connectivity index (χ1) is 9.38. The standard InChI is InChI=1S/C15H12N4/c1-3-7-14-12(5-1)9-18(16-14)11-19-10-13-6-2-4-8-15(13)17-19/h1-10H,11H2. The zero-order valence-electron chi connectivity index (χ0n) is 10.3. The van der Waals surface area contributed by atoms with E-state index in [0.29, 0.717) is 6.67 Å². The molecule has 4 heteroatoms. The molecule has 2 aromatic carbocycles. The third-order valence-corrected chi connectivity index (χ3v) is 3.21. The van der Waals surface area contributed by atoms with Crippen LogP contribution >= 0.6 is 0 Å². The van der Waals surface area contributed by atoms with E-state index in [2.05, 4.69) is 22.3 Å². The van der Waals surface area contributed by atoms with Crippen molar-refractivity contribution in [1.29, 1.82) is 0 Å². The fraction of sp³-hybridized carbons (Fsp3) is 0.0667. The monoisotopic (exact) mass is 248 g/mol. The van der Waals surface area contributed by atoms with Gasteiger partial charge in [0.2, 0.25) is 0 Å². The SMILES string of the molecule is c1ccc2nn(Cn3cc4ccccc4n3)cc2c1. The lowest BCUT2D eigenvalue weighted by Gasteiger charge is -2.00. The topological polar surface area (TPSA) is 35.6 Å². The summed E-state index contributed by atoms with van der Waals surface area (Å²) in [7, 11) is 0. The molecule has 0 amide bonds. The molecule has 2 heterocycles. The smallest absolute Gasteiger partial charge is 0.133 e. The Morgan fingerprint density at radius 3 is 1.63 bits per heavy atom. The normalized spacial score (nSPS) is 11.4. The number of hydrogen-bond donors (Lipinski definition) is 0. The van der Waals surface area contributed by atoms with Gasteiger partial charge in [-0.15, -0.1) is 0 Å². The molecule has 0 unspecified atom stereocenters. The molecule has 2 aromatic heterocycles. The molecule has 4 aromatic rings. The summed E-state index contributed by atoms with van der Waals surface area (Å²) in [6.45, 7) is 0.628. The molecule has 19 heavy (non-hydrogen) atoms. The van der Waals surface area contributed by atoms with Crippen LogP contribution in [0.25, 0.3) is 21.8 Å². The average molecular weight is 248 g/mol. The van der Waals surface area contributed by atoms with E-state index in [-0.39, 0.29) is 0 Å². The maximum absolute atomic E-state index is 4.53. The number of aromatic nitrogens is 4. The first-order valence-corrected chi connectivity index (χ1v) is 6.23. The molecule has 0 aliphatic heterocycles. The van der Waals surface area contributed by atoms with Crippen LogP contribution in [0.15, 0.2) is 60.9 Å². The Labute approximate surface area is 109 Å². The molecule has 0 spiro atoms. The van der Waals surface area contributed by atoms with Crippen LogP contribution in [-0.4, -0.2) is 19.6 Å². The molecule has 0 saturated heterocycles. The van der Waals surface area contributed by atoms with Gasteiger partial charge in [0.25, 0.3) is 0 Å². The van der Waals surface area contributed by atoms with Gasteiger partial charge in [0.05, 0.1) is 11.0 Å². The lowest BCUT2D eigenvalue weighted by molar-refractivity contribution is 0.510. The van der Waals surface area contributed by atoms with Crippen LogP contribution < -0.4 is 0 Å². The Balaban J connectivity index is 1.73. The van der Waals surface area contributed by atoms with Gasteiger partial charge in [-0.05, 0) is 12.1 Å².